The Balaban J connectivity index is 1.70. The van der Waals surface area contributed by atoms with Crippen LogP contribution in [-0.4, -0.2) is 24.0 Å². The minimum atomic E-state index is -1.22. The Bertz CT molecular complexity index is 1100. The van der Waals surface area contributed by atoms with Gasteiger partial charge in [-0.1, -0.05) is 61.6 Å². The largest absolute Gasteiger partial charge is 0.397 e. The summed E-state index contributed by atoms with van der Waals surface area (Å²) < 4.78 is 3.57. The highest BCUT2D eigenvalue weighted by Gasteiger charge is 2.09. The van der Waals surface area contributed by atoms with Gasteiger partial charge < -0.3 is 11.1 Å². The summed E-state index contributed by atoms with van der Waals surface area (Å²) >= 11 is 1.71. The molecule has 1 atom stereocenters. The van der Waals surface area contributed by atoms with Gasteiger partial charge in [-0.05, 0) is 59.4 Å². The zero-order valence-corrected chi connectivity index (χ0v) is 19.4. The minimum Gasteiger partial charge on any atom is -0.397 e. The smallest absolute Gasteiger partial charge is 0.0624 e. The van der Waals surface area contributed by atoms with Crippen molar-refractivity contribution in [3.63, 3.8) is 0 Å². The van der Waals surface area contributed by atoms with Crippen molar-refractivity contribution in [2.45, 2.75) is 25.8 Å². The van der Waals surface area contributed by atoms with Crippen LogP contribution in [0.2, 0.25) is 0 Å². The van der Waals surface area contributed by atoms with Crippen LogP contribution in [0.15, 0.2) is 66.6 Å². The lowest BCUT2D eigenvalue weighted by Crippen LogP contribution is -2.27. The van der Waals surface area contributed by atoms with Gasteiger partial charge in [0.2, 0.25) is 0 Å². The van der Waals surface area contributed by atoms with E-state index in [1.165, 1.54) is 10.4 Å². The van der Waals surface area contributed by atoms with E-state index in [0.29, 0.717) is 11.7 Å². The first kappa shape index (κ1) is 22.2. The van der Waals surface area contributed by atoms with Gasteiger partial charge in [0.05, 0.1) is 11.4 Å². The van der Waals surface area contributed by atoms with Gasteiger partial charge in [0.1, 0.15) is 0 Å². The van der Waals surface area contributed by atoms with Gasteiger partial charge in [-0.3, -0.25) is 4.72 Å². The Morgan fingerprint density at radius 2 is 1.87 bits per heavy atom. The van der Waals surface area contributed by atoms with Crippen LogP contribution in [0.4, 0.5) is 11.4 Å². The van der Waals surface area contributed by atoms with Crippen molar-refractivity contribution < 1.29 is 0 Å². The summed E-state index contributed by atoms with van der Waals surface area (Å²) in [5.41, 5.74) is 12.1. The molecule has 4 N–H and O–H groups in total. The molecule has 0 aliphatic heterocycles. The summed E-state index contributed by atoms with van der Waals surface area (Å²) in [5.74, 6) is 8.28. The molecule has 0 aliphatic rings. The van der Waals surface area contributed by atoms with E-state index in [1.54, 1.807) is 11.3 Å². The third kappa shape index (κ3) is 6.02. The van der Waals surface area contributed by atoms with Crippen LogP contribution in [0.1, 0.15) is 24.5 Å². The van der Waals surface area contributed by atoms with Gasteiger partial charge in [0, 0.05) is 16.6 Å². The maximum Gasteiger partial charge on any atom is 0.0624 e. The first-order chi connectivity index (χ1) is 14.2. The molecule has 0 saturated heterocycles. The summed E-state index contributed by atoms with van der Waals surface area (Å²) in [6, 6.07) is 19.2. The SMILES string of the molecule is C=C(Nc1cc(-c2cccs2)ccc1N)c1ccc(CC(CC)NS(=C)(=C)C)cc1. The second-order valence-electron chi connectivity index (χ2n) is 7.78. The van der Waals surface area contributed by atoms with Crippen LogP contribution >= 0.6 is 20.7 Å². The van der Waals surface area contributed by atoms with E-state index < -0.39 is 9.39 Å². The van der Waals surface area contributed by atoms with Crippen molar-refractivity contribution in [2.75, 3.05) is 17.3 Å². The normalized spacial score (nSPS) is 12.5. The molecule has 1 unspecified atom stereocenters. The number of hydrogen-bond acceptors (Lipinski definition) is 4. The van der Waals surface area contributed by atoms with Gasteiger partial charge >= 0.3 is 0 Å². The van der Waals surface area contributed by atoms with Crippen LogP contribution in [0.5, 0.6) is 0 Å². The predicted octanol–water partition coefficient (Wildman–Crippen LogP) is 6.20. The molecule has 3 nitrogen and oxygen atoms in total. The van der Waals surface area contributed by atoms with Crippen molar-refractivity contribution in [1.29, 1.82) is 0 Å². The van der Waals surface area contributed by atoms with Crippen LogP contribution in [0, 0.1) is 0 Å². The monoisotopic (exact) mass is 437 g/mol. The molecule has 5 heteroatoms. The Hall–Kier alpha value is -2.47. The fourth-order valence-corrected chi connectivity index (χ4v) is 5.07. The number of thiophene rings is 1. The van der Waals surface area contributed by atoms with Crippen molar-refractivity contribution in [3.8, 4) is 10.4 Å². The maximum absolute atomic E-state index is 6.20. The Kier molecular flexibility index (Phi) is 7.08. The molecule has 158 valence electrons. The van der Waals surface area contributed by atoms with E-state index in [-0.39, 0.29) is 0 Å². The number of benzene rings is 2. The number of rotatable bonds is 9. The van der Waals surface area contributed by atoms with E-state index in [0.717, 1.165) is 35.4 Å². The molecular weight excluding hydrogens is 406 g/mol. The number of hydrogen-bond donors (Lipinski definition) is 3. The average Bonchev–Trinajstić information content (AvgIpc) is 3.23. The molecule has 1 heterocycles. The molecule has 0 saturated carbocycles. The second-order valence-corrected chi connectivity index (χ2v) is 11.5. The summed E-state index contributed by atoms with van der Waals surface area (Å²) in [7, 11) is -1.22. The summed E-state index contributed by atoms with van der Waals surface area (Å²) in [6.45, 7) is 6.41. The first-order valence-electron chi connectivity index (χ1n) is 9.95. The highest BCUT2D eigenvalue weighted by Crippen LogP contribution is 2.31. The predicted molar refractivity (Wildman–Crippen MR) is 142 cm³/mol. The van der Waals surface area contributed by atoms with E-state index in [1.807, 2.05) is 12.1 Å². The highest BCUT2D eigenvalue weighted by molar-refractivity contribution is 8.25. The molecule has 0 aliphatic carbocycles. The first-order valence-corrected chi connectivity index (χ1v) is 13.2. The molecule has 30 heavy (non-hydrogen) atoms. The molecule has 0 radical (unpaired) electrons. The lowest BCUT2D eigenvalue weighted by atomic mass is 10.0. The van der Waals surface area contributed by atoms with Gasteiger partial charge in [0.15, 0.2) is 0 Å². The van der Waals surface area contributed by atoms with E-state index in [9.17, 15) is 0 Å². The van der Waals surface area contributed by atoms with Crippen molar-refractivity contribution in [3.05, 3.63) is 77.7 Å². The zero-order valence-electron chi connectivity index (χ0n) is 17.8. The van der Waals surface area contributed by atoms with Crippen molar-refractivity contribution in [2.24, 2.45) is 0 Å². The number of anilines is 2. The van der Waals surface area contributed by atoms with Crippen molar-refractivity contribution >= 4 is 49.5 Å². The van der Waals surface area contributed by atoms with Crippen LogP contribution in [0.3, 0.4) is 0 Å². The van der Waals surface area contributed by atoms with Gasteiger partial charge in [0.25, 0.3) is 0 Å². The Morgan fingerprint density at radius 1 is 1.13 bits per heavy atom. The van der Waals surface area contributed by atoms with Crippen LogP contribution < -0.4 is 15.8 Å². The maximum atomic E-state index is 6.20. The van der Waals surface area contributed by atoms with Crippen LogP contribution in [0.25, 0.3) is 16.1 Å². The lowest BCUT2D eigenvalue weighted by Gasteiger charge is -2.21. The van der Waals surface area contributed by atoms with Gasteiger partial charge in [-0.2, -0.15) is 9.39 Å². The summed E-state index contributed by atoms with van der Waals surface area (Å²) in [5, 5.41) is 5.47. The van der Waals surface area contributed by atoms with E-state index in [2.05, 4.69) is 89.4 Å². The van der Waals surface area contributed by atoms with Crippen molar-refractivity contribution in [1.82, 2.24) is 4.72 Å². The molecule has 3 aromatic rings. The third-order valence-electron chi connectivity index (χ3n) is 4.87. The average molecular weight is 438 g/mol. The molecule has 0 bridgehead atoms. The topological polar surface area (TPSA) is 50.1 Å². The number of nitrogens with one attached hydrogen (secondary N) is 2. The Labute approximate surface area is 185 Å². The quantitative estimate of drug-likeness (QED) is 0.276. The molecule has 0 fully saturated rings. The summed E-state index contributed by atoms with van der Waals surface area (Å²) in [6.07, 6.45) is 4.08. The molecule has 0 amide bonds. The summed E-state index contributed by atoms with van der Waals surface area (Å²) in [4.78, 5) is 1.22. The molecule has 2 aromatic carbocycles. The molecule has 3 rings (SSSR count). The molecular formula is C25H31N3S2. The van der Waals surface area contributed by atoms with E-state index in [4.69, 9.17) is 5.73 Å². The standard InChI is InChI=1S/C25H31N3S2/c1-6-22(28-30(3,4)5)16-19-9-11-20(12-10-19)18(2)27-24-17-21(13-14-23(24)26)25-8-7-15-29-25/h7-15,17,22,27-28H,2-4,6,16,26H2,1,5H3. The Morgan fingerprint density at radius 3 is 2.47 bits per heavy atom. The third-order valence-corrected chi connectivity index (χ3v) is 6.69. The fraction of sp³-hybridized carbons (Fsp3) is 0.200. The van der Waals surface area contributed by atoms with Crippen LogP contribution in [-0.2, 0) is 6.42 Å². The second kappa shape index (κ2) is 9.56. The fourth-order valence-electron chi connectivity index (χ4n) is 3.29. The number of nitrogens with two attached hydrogens (primary N) is 1. The minimum absolute atomic E-state index is 0.381. The highest BCUT2D eigenvalue weighted by atomic mass is 32.2. The molecule has 1 aromatic heterocycles. The number of nitrogen functional groups attached to an aromatic ring is 1. The van der Waals surface area contributed by atoms with Gasteiger partial charge in [-0.25, -0.2) is 0 Å². The zero-order chi connectivity index (χ0) is 21.7. The van der Waals surface area contributed by atoms with Gasteiger partial charge in [-0.15, -0.1) is 11.3 Å². The lowest BCUT2D eigenvalue weighted by molar-refractivity contribution is 0.607. The molecule has 0 spiro atoms. The van der Waals surface area contributed by atoms with E-state index >= 15 is 0 Å².